The summed E-state index contributed by atoms with van der Waals surface area (Å²) < 4.78 is 0. The zero-order valence-corrected chi connectivity index (χ0v) is 9.75. The second-order valence-electron chi connectivity index (χ2n) is 2.91. The van der Waals surface area contributed by atoms with E-state index in [4.69, 9.17) is 25.5 Å². The SMILES string of the molecule is O=C(O)N(CCO)CCO.OCCNCCO. The minimum absolute atomic E-state index is 0.0515. The van der Waals surface area contributed by atoms with E-state index in [0.717, 1.165) is 4.90 Å². The third-order valence-corrected chi connectivity index (χ3v) is 1.59. The van der Waals surface area contributed by atoms with Crippen molar-refractivity contribution in [2.75, 3.05) is 52.6 Å². The van der Waals surface area contributed by atoms with Crippen molar-refractivity contribution in [1.82, 2.24) is 10.2 Å². The maximum atomic E-state index is 10.2. The first-order valence-corrected chi connectivity index (χ1v) is 5.26. The van der Waals surface area contributed by atoms with Gasteiger partial charge in [0.1, 0.15) is 0 Å². The maximum absolute atomic E-state index is 10.2. The Labute approximate surface area is 100 Å². The van der Waals surface area contributed by atoms with E-state index in [2.05, 4.69) is 5.32 Å². The van der Waals surface area contributed by atoms with Gasteiger partial charge in [0, 0.05) is 26.2 Å². The summed E-state index contributed by atoms with van der Waals surface area (Å²) in [6, 6.07) is 0. The number of nitrogens with zero attached hydrogens (tertiary/aromatic N) is 1. The Morgan fingerprint density at radius 2 is 1.29 bits per heavy atom. The quantitative estimate of drug-likeness (QED) is 0.264. The van der Waals surface area contributed by atoms with E-state index in [0.29, 0.717) is 13.1 Å². The summed E-state index contributed by atoms with van der Waals surface area (Å²) in [6.45, 7) is 1.09. The standard InChI is InChI=1S/C5H11NO4.C4H11NO2/c7-3-1-6(2-4-8)5(9)10;6-3-1-5-2-4-7/h7-8H,1-4H2,(H,9,10);5-7H,1-4H2. The number of carbonyl (C=O) groups is 1. The molecule has 0 atom stereocenters. The van der Waals surface area contributed by atoms with Crippen LogP contribution in [0.3, 0.4) is 0 Å². The van der Waals surface area contributed by atoms with Crippen LogP contribution in [0.15, 0.2) is 0 Å². The zero-order chi connectivity index (χ0) is 13.5. The van der Waals surface area contributed by atoms with Crippen LogP contribution in [0.4, 0.5) is 4.79 Å². The third kappa shape index (κ3) is 15.1. The van der Waals surface area contributed by atoms with Crippen LogP contribution in [0.2, 0.25) is 0 Å². The summed E-state index contributed by atoms with van der Waals surface area (Å²) in [5, 5.41) is 44.1. The Bertz CT molecular complexity index is 160. The minimum Gasteiger partial charge on any atom is -0.465 e. The van der Waals surface area contributed by atoms with Crippen LogP contribution in [0.5, 0.6) is 0 Å². The molecule has 0 rings (SSSR count). The Balaban J connectivity index is 0. The average molecular weight is 254 g/mol. The molecule has 0 aliphatic heterocycles. The number of rotatable bonds is 8. The normalized spacial score (nSPS) is 9.41. The Kier molecular flexibility index (Phi) is 16.3. The second-order valence-corrected chi connectivity index (χ2v) is 2.91. The zero-order valence-electron chi connectivity index (χ0n) is 9.75. The molecule has 8 nitrogen and oxygen atoms in total. The lowest BCUT2D eigenvalue weighted by atomic mass is 10.5. The molecule has 8 heteroatoms. The maximum Gasteiger partial charge on any atom is 0.407 e. The van der Waals surface area contributed by atoms with Crippen LogP contribution in [0.1, 0.15) is 0 Å². The molecule has 0 aliphatic rings. The molecule has 0 spiro atoms. The summed E-state index contributed by atoms with van der Waals surface area (Å²) in [7, 11) is 0. The predicted molar refractivity (Wildman–Crippen MR) is 60.8 cm³/mol. The molecule has 0 saturated carbocycles. The molecule has 0 aromatic heterocycles. The number of carboxylic acid groups (broad SMARTS) is 1. The summed E-state index contributed by atoms with van der Waals surface area (Å²) in [5.41, 5.74) is 0. The highest BCUT2D eigenvalue weighted by Gasteiger charge is 2.08. The van der Waals surface area contributed by atoms with Gasteiger partial charge in [0.15, 0.2) is 0 Å². The monoisotopic (exact) mass is 254 g/mol. The van der Waals surface area contributed by atoms with Gasteiger partial charge in [-0.05, 0) is 0 Å². The largest absolute Gasteiger partial charge is 0.465 e. The first-order chi connectivity index (χ1) is 8.13. The van der Waals surface area contributed by atoms with Crippen LogP contribution in [0.25, 0.3) is 0 Å². The molecule has 0 aliphatic carbocycles. The average Bonchev–Trinajstić information content (AvgIpc) is 2.30. The fraction of sp³-hybridized carbons (Fsp3) is 0.889. The fourth-order valence-corrected chi connectivity index (χ4v) is 0.828. The predicted octanol–water partition coefficient (Wildman–Crippen LogP) is -2.49. The second kappa shape index (κ2) is 15.1. The number of amides is 1. The molecular formula is C9H22N2O6. The van der Waals surface area contributed by atoms with Gasteiger partial charge in [-0.1, -0.05) is 0 Å². The molecule has 0 aromatic carbocycles. The lowest BCUT2D eigenvalue weighted by Gasteiger charge is -2.15. The lowest BCUT2D eigenvalue weighted by molar-refractivity contribution is 0.119. The molecule has 1 amide bonds. The number of hydrogen-bond donors (Lipinski definition) is 6. The molecule has 0 radical (unpaired) electrons. The Morgan fingerprint density at radius 1 is 0.882 bits per heavy atom. The van der Waals surface area contributed by atoms with Gasteiger partial charge in [-0.15, -0.1) is 0 Å². The number of hydrogen-bond acceptors (Lipinski definition) is 6. The smallest absolute Gasteiger partial charge is 0.407 e. The first kappa shape index (κ1) is 18.4. The van der Waals surface area contributed by atoms with Crippen LogP contribution >= 0.6 is 0 Å². The van der Waals surface area contributed by atoms with Crippen molar-refractivity contribution in [3.8, 4) is 0 Å². The highest BCUT2D eigenvalue weighted by Crippen LogP contribution is 1.86. The van der Waals surface area contributed by atoms with E-state index in [1.54, 1.807) is 0 Å². The van der Waals surface area contributed by atoms with Gasteiger partial charge >= 0.3 is 6.09 Å². The van der Waals surface area contributed by atoms with Crippen molar-refractivity contribution in [1.29, 1.82) is 0 Å². The molecule has 0 saturated heterocycles. The van der Waals surface area contributed by atoms with Crippen LogP contribution < -0.4 is 5.32 Å². The molecule has 0 heterocycles. The van der Waals surface area contributed by atoms with Gasteiger partial charge in [-0.3, -0.25) is 0 Å². The number of aliphatic hydroxyl groups excluding tert-OH is 4. The Hall–Kier alpha value is -0.930. The van der Waals surface area contributed by atoms with Gasteiger partial charge in [-0.25, -0.2) is 4.79 Å². The first-order valence-electron chi connectivity index (χ1n) is 5.26. The van der Waals surface area contributed by atoms with Crippen LogP contribution in [-0.2, 0) is 0 Å². The lowest BCUT2D eigenvalue weighted by Crippen LogP contribution is -2.34. The molecule has 6 N–H and O–H groups in total. The van der Waals surface area contributed by atoms with Crippen molar-refractivity contribution in [2.24, 2.45) is 0 Å². The highest BCUT2D eigenvalue weighted by atomic mass is 16.4. The van der Waals surface area contributed by atoms with E-state index in [1.807, 2.05) is 0 Å². The molecule has 0 bridgehead atoms. The van der Waals surface area contributed by atoms with Gasteiger partial charge in [0.25, 0.3) is 0 Å². The van der Waals surface area contributed by atoms with Crippen molar-refractivity contribution in [2.45, 2.75) is 0 Å². The van der Waals surface area contributed by atoms with Crippen LogP contribution in [-0.4, -0.2) is 89.1 Å². The van der Waals surface area contributed by atoms with Gasteiger partial charge in [0.05, 0.1) is 26.4 Å². The highest BCUT2D eigenvalue weighted by molar-refractivity contribution is 5.64. The molecule has 17 heavy (non-hydrogen) atoms. The molecule has 104 valence electrons. The van der Waals surface area contributed by atoms with Gasteiger partial charge in [0.2, 0.25) is 0 Å². The van der Waals surface area contributed by atoms with Crippen LogP contribution in [0, 0.1) is 0 Å². The van der Waals surface area contributed by atoms with E-state index in [9.17, 15) is 4.79 Å². The topological polar surface area (TPSA) is 133 Å². The molecule has 0 fully saturated rings. The summed E-state index contributed by atoms with van der Waals surface area (Å²) in [6.07, 6.45) is -1.12. The number of aliphatic hydroxyl groups is 4. The van der Waals surface area contributed by atoms with Gasteiger partial charge < -0.3 is 35.7 Å². The van der Waals surface area contributed by atoms with E-state index < -0.39 is 6.09 Å². The fourth-order valence-electron chi connectivity index (χ4n) is 0.828. The van der Waals surface area contributed by atoms with E-state index in [-0.39, 0.29) is 39.5 Å². The van der Waals surface area contributed by atoms with Crippen molar-refractivity contribution < 1.29 is 30.3 Å². The van der Waals surface area contributed by atoms with Crippen molar-refractivity contribution in [3.05, 3.63) is 0 Å². The summed E-state index contributed by atoms with van der Waals surface area (Å²) in [4.78, 5) is 11.1. The summed E-state index contributed by atoms with van der Waals surface area (Å²) >= 11 is 0. The Morgan fingerprint density at radius 3 is 1.53 bits per heavy atom. The molecule has 0 unspecified atom stereocenters. The summed E-state index contributed by atoms with van der Waals surface area (Å²) in [5.74, 6) is 0. The van der Waals surface area contributed by atoms with E-state index >= 15 is 0 Å². The van der Waals surface area contributed by atoms with E-state index in [1.165, 1.54) is 0 Å². The van der Waals surface area contributed by atoms with Crippen molar-refractivity contribution in [3.63, 3.8) is 0 Å². The minimum atomic E-state index is -1.12. The van der Waals surface area contributed by atoms with Gasteiger partial charge in [-0.2, -0.15) is 0 Å². The molecular weight excluding hydrogens is 232 g/mol. The molecule has 0 aromatic rings. The number of nitrogens with one attached hydrogen (secondary N) is 1. The van der Waals surface area contributed by atoms with Crippen molar-refractivity contribution >= 4 is 6.09 Å². The third-order valence-electron chi connectivity index (χ3n) is 1.59.